The second-order valence-corrected chi connectivity index (χ2v) is 7.41. The smallest absolute Gasteiger partial charge is 0.410 e. The van der Waals surface area contributed by atoms with Gasteiger partial charge in [-0.2, -0.15) is 0 Å². The maximum Gasteiger partial charge on any atom is 0.410 e. The van der Waals surface area contributed by atoms with E-state index in [0.29, 0.717) is 12.0 Å². The van der Waals surface area contributed by atoms with Crippen LogP contribution in [0.25, 0.3) is 0 Å². The summed E-state index contributed by atoms with van der Waals surface area (Å²) in [5, 5.41) is 3.50. The third-order valence-corrected chi connectivity index (χ3v) is 4.27. The largest absolute Gasteiger partial charge is 0.444 e. The molecule has 1 aliphatic rings. The lowest BCUT2D eigenvalue weighted by Gasteiger charge is -2.34. The van der Waals surface area contributed by atoms with Crippen LogP contribution in [0, 0.1) is 5.92 Å². The number of likely N-dealkylation sites (tertiary alicyclic amines) is 1. The zero-order valence-electron chi connectivity index (χ0n) is 15.1. The van der Waals surface area contributed by atoms with Crippen molar-refractivity contribution in [1.82, 2.24) is 10.2 Å². The molecule has 130 valence electrons. The molecule has 3 unspecified atom stereocenters. The van der Waals surface area contributed by atoms with E-state index in [4.69, 9.17) is 9.47 Å². The van der Waals surface area contributed by atoms with Gasteiger partial charge in [-0.3, -0.25) is 0 Å². The minimum absolute atomic E-state index is 0.175. The fraction of sp³-hybridized carbons (Fsp3) is 0.941. The second-order valence-electron chi connectivity index (χ2n) is 7.41. The lowest BCUT2D eigenvalue weighted by molar-refractivity contribution is 0.0160. The Morgan fingerprint density at radius 1 is 1.36 bits per heavy atom. The number of hydrogen-bond acceptors (Lipinski definition) is 4. The Bertz CT molecular complexity index is 341. The van der Waals surface area contributed by atoms with E-state index in [1.165, 1.54) is 6.42 Å². The molecule has 0 bridgehead atoms. The molecule has 0 spiro atoms. The van der Waals surface area contributed by atoms with Crippen LogP contribution in [0.3, 0.4) is 0 Å². The van der Waals surface area contributed by atoms with Crippen molar-refractivity contribution in [2.45, 2.75) is 71.6 Å². The monoisotopic (exact) mass is 314 g/mol. The predicted molar refractivity (Wildman–Crippen MR) is 89.1 cm³/mol. The third kappa shape index (κ3) is 6.97. The van der Waals surface area contributed by atoms with E-state index in [1.807, 2.05) is 25.7 Å². The molecule has 0 aliphatic carbocycles. The van der Waals surface area contributed by atoms with Gasteiger partial charge in [-0.15, -0.1) is 0 Å². The minimum Gasteiger partial charge on any atom is -0.444 e. The lowest BCUT2D eigenvalue weighted by Crippen LogP contribution is -2.44. The van der Waals surface area contributed by atoms with Crippen LogP contribution in [-0.4, -0.2) is 55.5 Å². The van der Waals surface area contributed by atoms with Crippen LogP contribution < -0.4 is 5.32 Å². The summed E-state index contributed by atoms with van der Waals surface area (Å²) in [4.78, 5) is 14.0. The first kappa shape index (κ1) is 19.2. The van der Waals surface area contributed by atoms with E-state index in [-0.39, 0.29) is 12.2 Å². The van der Waals surface area contributed by atoms with Gasteiger partial charge in [0.25, 0.3) is 0 Å². The summed E-state index contributed by atoms with van der Waals surface area (Å²) in [6.07, 6.45) is 3.37. The van der Waals surface area contributed by atoms with Gasteiger partial charge in [0, 0.05) is 26.2 Å². The summed E-state index contributed by atoms with van der Waals surface area (Å²) in [7, 11) is 1.74. The molecular weight excluding hydrogens is 280 g/mol. The van der Waals surface area contributed by atoms with Crippen LogP contribution in [0.15, 0.2) is 0 Å². The van der Waals surface area contributed by atoms with E-state index in [1.54, 1.807) is 7.11 Å². The molecule has 1 aliphatic heterocycles. The minimum atomic E-state index is -0.419. The van der Waals surface area contributed by atoms with Crippen molar-refractivity contribution in [3.8, 4) is 0 Å². The number of nitrogens with zero attached hydrogens (tertiary/aromatic N) is 1. The lowest BCUT2D eigenvalue weighted by atomic mass is 9.95. The summed E-state index contributed by atoms with van der Waals surface area (Å²) in [5.74, 6) is 0.554. The van der Waals surface area contributed by atoms with Crippen molar-refractivity contribution in [1.29, 1.82) is 0 Å². The summed E-state index contributed by atoms with van der Waals surface area (Å²) in [6, 6.07) is 0.343. The highest BCUT2D eigenvalue weighted by Gasteiger charge is 2.27. The number of amides is 1. The molecule has 0 radical (unpaired) electrons. The van der Waals surface area contributed by atoms with Gasteiger partial charge in [0.2, 0.25) is 0 Å². The van der Waals surface area contributed by atoms with Gasteiger partial charge < -0.3 is 19.7 Å². The predicted octanol–water partition coefficient (Wildman–Crippen LogP) is 3.04. The standard InChI is InChI=1S/C17H34N2O3/c1-13(14(2)21-6)18-10-9-15-8-7-11-19(12-15)16(20)22-17(3,4)5/h13-15,18H,7-12H2,1-6H3. The number of hydrogen-bond donors (Lipinski definition) is 1. The molecule has 3 atom stereocenters. The molecule has 0 aromatic rings. The van der Waals surface area contributed by atoms with Gasteiger partial charge in [0.1, 0.15) is 5.60 Å². The Labute approximate surface area is 135 Å². The fourth-order valence-corrected chi connectivity index (χ4v) is 2.68. The van der Waals surface area contributed by atoms with E-state index in [0.717, 1.165) is 32.5 Å². The first-order valence-corrected chi connectivity index (χ1v) is 8.47. The number of piperidine rings is 1. The highest BCUT2D eigenvalue weighted by molar-refractivity contribution is 5.68. The molecule has 0 aromatic heterocycles. The molecule has 5 heteroatoms. The van der Waals surface area contributed by atoms with Gasteiger partial charge in [-0.05, 0) is 66.3 Å². The molecular formula is C17H34N2O3. The highest BCUT2D eigenvalue weighted by atomic mass is 16.6. The second kappa shape index (κ2) is 8.73. The number of methoxy groups -OCH3 is 1. The van der Waals surface area contributed by atoms with Crippen molar-refractivity contribution >= 4 is 6.09 Å². The van der Waals surface area contributed by atoms with Crippen molar-refractivity contribution in [3.05, 3.63) is 0 Å². The Morgan fingerprint density at radius 2 is 2.05 bits per heavy atom. The summed E-state index contributed by atoms with van der Waals surface area (Å²) >= 11 is 0. The zero-order valence-corrected chi connectivity index (χ0v) is 15.1. The first-order chi connectivity index (χ1) is 10.2. The number of ether oxygens (including phenoxy) is 2. The topological polar surface area (TPSA) is 50.8 Å². The van der Waals surface area contributed by atoms with Crippen molar-refractivity contribution < 1.29 is 14.3 Å². The molecule has 1 heterocycles. The Morgan fingerprint density at radius 3 is 2.64 bits per heavy atom. The Hall–Kier alpha value is -0.810. The van der Waals surface area contributed by atoms with E-state index >= 15 is 0 Å². The van der Waals surface area contributed by atoms with Crippen molar-refractivity contribution in [3.63, 3.8) is 0 Å². The maximum atomic E-state index is 12.1. The molecule has 5 nitrogen and oxygen atoms in total. The summed E-state index contributed by atoms with van der Waals surface area (Å²) in [6.45, 7) is 12.5. The van der Waals surface area contributed by atoms with Gasteiger partial charge in [-0.1, -0.05) is 0 Å². The van der Waals surface area contributed by atoms with E-state index in [9.17, 15) is 4.79 Å². The molecule has 22 heavy (non-hydrogen) atoms. The Balaban J connectivity index is 2.33. The Kier molecular flexibility index (Phi) is 7.63. The normalized spacial score (nSPS) is 22.3. The average Bonchev–Trinajstić information content (AvgIpc) is 2.44. The summed E-state index contributed by atoms with van der Waals surface area (Å²) in [5.41, 5.74) is -0.419. The van der Waals surface area contributed by atoms with Crippen molar-refractivity contribution in [2.75, 3.05) is 26.7 Å². The fourth-order valence-electron chi connectivity index (χ4n) is 2.68. The van der Waals surface area contributed by atoms with E-state index in [2.05, 4.69) is 19.2 Å². The third-order valence-electron chi connectivity index (χ3n) is 4.27. The van der Waals surface area contributed by atoms with Crippen LogP contribution in [0.4, 0.5) is 4.79 Å². The van der Waals surface area contributed by atoms with Crippen LogP contribution in [0.1, 0.15) is 53.9 Å². The number of carbonyl (C=O) groups is 1. The van der Waals surface area contributed by atoms with Crippen molar-refractivity contribution in [2.24, 2.45) is 5.92 Å². The maximum absolute atomic E-state index is 12.1. The highest BCUT2D eigenvalue weighted by Crippen LogP contribution is 2.21. The average molecular weight is 314 g/mol. The van der Waals surface area contributed by atoms with Gasteiger partial charge >= 0.3 is 6.09 Å². The number of rotatable bonds is 6. The molecule has 1 amide bonds. The quantitative estimate of drug-likeness (QED) is 0.819. The van der Waals surface area contributed by atoms with Crippen LogP contribution >= 0.6 is 0 Å². The molecule has 1 N–H and O–H groups in total. The summed E-state index contributed by atoms with van der Waals surface area (Å²) < 4.78 is 10.8. The van der Waals surface area contributed by atoms with Gasteiger partial charge in [0.05, 0.1) is 6.10 Å². The van der Waals surface area contributed by atoms with Gasteiger partial charge in [-0.25, -0.2) is 4.79 Å². The molecule has 0 aromatic carbocycles. The van der Waals surface area contributed by atoms with Crippen LogP contribution in [0.5, 0.6) is 0 Å². The molecule has 1 rings (SSSR count). The zero-order chi connectivity index (χ0) is 16.8. The first-order valence-electron chi connectivity index (χ1n) is 8.47. The molecule has 1 saturated heterocycles. The molecule has 1 fully saturated rings. The molecule has 0 saturated carbocycles. The van der Waals surface area contributed by atoms with Crippen LogP contribution in [0.2, 0.25) is 0 Å². The van der Waals surface area contributed by atoms with Crippen LogP contribution in [-0.2, 0) is 9.47 Å². The number of carbonyl (C=O) groups excluding carboxylic acids is 1. The van der Waals surface area contributed by atoms with E-state index < -0.39 is 5.60 Å². The van der Waals surface area contributed by atoms with Gasteiger partial charge in [0.15, 0.2) is 0 Å². The SMILES string of the molecule is COC(C)C(C)NCCC1CCCN(C(=O)OC(C)(C)C)C1. The number of nitrogens with one attached hydrogen (secondary N) is 1.